The lowest BCUT2D eigenvalue weighted by molar-refractivity contribution is -0.133. The summed E-state index contributed by atoms with van der Waals surface area (Å²) in [5.74, 6) is 0.220. The lowest BCUT2D eigenvalue weighted by Crippen LogP contribution is -2.46. The van der Waals surface area contributed by atoms with E-state index in [9.17, 15) is 4.79 Å². The largest absolute Gasteiger partial charge is 0.337 e. The van der Waals surface area contributed by atoms with E-state index in [2.05, 4.69) is 30.4 Å². The van der Waals surface area contributed by atoms with Crippen molar-refractivity contribution in [2.45, 2.75) is 39.3 Å². The van der Waals surface area contributed by atoms with Crippen molar-refractivity contribution in [2.75, 3.05) is 13.1 Å². The number of hydrogen-bond acceptors (Lipinski definition) is 2. The summed E-state index contributed by atoms with van der Waals surface area (Å²) in [5, 5.41) is 3.26. The van der Waals surface area contributed by atoms with E-state index < -0.39 is 0 Å². The number of hydrogen-bond donors (Lipinski definition) is 1. The van der Waals surface area contributed by atoms with E-state index in [1.165, 1.54) is 11.1 Å². The summed E-state index contributed by atoms with van der Waals surface area (Å²) in [4.78, 5) is 14.2. The molecule has 0 radical (unpaired) electrons. The molecule has 1 heterocycles. The van der Waals surface area contributed by atoms with Crippen molar-refractivity contribution in [3.63, 3.8) is 0 Å². The van der Waals surface area contributed by atoms with Crippen LogP contribution < -0.4 is 5.32 Å². The molecule has 0 spiro atoms. The van der Waals surface area contributed by atoms with Gasteiger partial charge in [-0.2, -0.15) is 0 Å². The zero-order chi connectivity index (χ0) is 13.0. The number of carbonyl (C=O) groups is 1. The van der Waals surface area contributed by atoms with Gasteiger partial charge in [-0.3, -0.25) is 4.79 Å². The minimum atomic E-state index is -0.0739. The Morgan fingerprint density at radius 3 is 2.83 bits per heavy atom. The molecule has 2 rings (SSSR count). The molecule has 0 fully saturated rings. The van der Waals surface area contributed by atoms with E-state index in [-0.39, 0.29) is 11.9 Å². The van der Waals surface area contributed by atoms with Crippen LogP contribution in [0.2, 0.25) is 0 Å². The van der Waals surface area contributed by atoms with Gasteiger partial charge in [0, 0.05) is 13.1 Å². The lowest BCUT2D eigenvalue weighted by Gasteiger charge is -2.31. The van der Waals surface area contributed by atoms with Crippen molar-refractivity contribution in [3.05, 3.63) is 35.4 Å². The second-order valence-corrected chi connectivity index (χ2v) is 4.95. The molecule has 1 aliphatic heterocycles. The lowest BCUT2D eigenvalue weighted by atomic mass is 9.99. The quantitative estimate of drug-likeness (QED) is 0.881. The molecular formula is C15H22N2O. The van der Waals surface area contributed by atoms with Gasteiger partial charge in [0.1, 0.15) is 0 Å². The topological polar surface area (TPSA) is 32.3 Å². The standard InChI is InChI=1S/C15H22N2O/c1-3-9-16-12(2)15(18)17-10-8-13-6-4-5-7-14(13)11-17/h4-7,12,16H,3,8-11H2,1-2H3. The van der Waals surface area contributed by atoms with Gasteiger partial charge in [-0.05, 0) is 37.4 Å². The second-order valence-electron chi connectivity index (χ2n) is 4.95. The summed E-state index contributed by atoms with van der Waals surface area (Å²) in [6.45, 7) is 6.57. The Morgan fingerprint density at radius 1 is 1.39 bits per heavy atom. The molecule has 1 unspecified atom stereocenters. The Balaban J connectivity index is 1.98. The van der Waals surface area contributed by atoms with E-state index >= 15 is 0 Å². The monoisotopic (exact) mass is 246 g/mol. The van der Waals surface area contributed by atoms with Crippen LogP contribution in [-0.4, -0.2) is 29.9 Å². The van der Waals surface area contributed by atoms with Crippen molar-refractivity contribution >= 4 is 5.91 Å². The van der Waals surface area contributed by atoms with E-state index in [0.717, 1.165) is 32.5 Å². The van der Waals surface area contributed by atoms with Crippen LogP contribution in [-0.2, 0) is 17.8 Å². The summed E-state index contributed by atoms with van der Waals surface area (Å²) in [6, 6.07) is 8.33. The highest BCUT2D eigenvalue weighted by Gasteiger charge is 2.23. The highest BCUT2D eigenvalue weighted by atomic mass is 16.2. The maximum atomic E-state index is 12.3. The van der Waals surface area contributed by atoms with Gasteiger partial charge in [0.05, 0.1) is 6.04 Å². The van der Waals surface area contributed by atoms with Crippen LogP contribution in [0, 0.1) is 0 Å². The molecule has 1 aromatic carbocycles. The maximum absolute atomic E-state index is 12.3. The van der Waals surface area contributed by atoms with Gasteiger partial charge in [-0.25, -0.2) is 0 Å². The van der Waals surface area contributed by atoms with E-state index in [1.54, 1.807) is 0 Å². The molecule has 1 N–H and O–H groups in total. The molecule has 3 nitrogen and oxygen atoms in total. The summed E-state index contributed by atoms with van der Waals surface area (Å²) in [5.41, 5.74) is 2.68. The van der Waals surface area contributed by atoms with Crippen molar-refractivity contribution in [1.29, 1.82) is 0 Å². The van der Waals surface area contributed by atoms with Crippen LogP contribution in [0.3, 0.4) is 0 Å². The second kappa shape index (κ2) is 6.01. The Bertz CT molecular complexity index is 417. The number of fused-ring (bicyclic) bond motifs is 1. The normalized spacial score (nSPS) is 16.2. The Labute approximate surface area is 109 Å². The Kier molecular flexibility index (Phi) is 4.37. The summed E-state index contributed by atoms with van der Waals surface area (Å²) >= 11 is 0. The molecule has 0 bridgehead atoms. The summed E-state index contributed by atoms with van der Waals surface area (Å²) in [6.07, 6.45) is 2.03. The van der Waals surface area contributed by atoms with Crippen LogP contribution in [0.1, 0.15) is 31.4 Å². The van der Waals surface area contributed by atoms with E-state index in [4.69, 9.17) is 0 Å². The van der Waals surface area contributed by atoms with Gasteiger partial charge in [-0.15, -0.1) is 0 Å². The molecule has 0 saturated heterocycles. The molecule has 3 heteroatoms. The van der Waals surface area contributed by atoms with Gasteiger partial charge in [-0.1, -0.05) is 31.2 Å². The number of benzene rings is 1. The van der Waals surface area contributed by atoms with Gasteiger partial charge in [0.25, 0.3) is 0 Å². The first-order chi connectivity index (χ1) is 8.72. The van der Waals surface area contributed by atoms with Crippen LogP contribution >= 0.6 is 0 Å². The van der Waals surface area contributed by atoms with Crippen LogP contribution in [0.5, 0.6) is 0 Å². The van der Waals surface area contributed by atoms with Crippen LogP contribution in [0.15, 0.2) is 24.3 Å². The smallest absolute Gasteiger partial charge is 0.239 e. The summed E-state index contributed by atoms with van der Waals surface area (Å²) < 4.78 is 0. The Morgan fingerprint density at radius 2 is 2.11 bits per heavy atom. The molecule has 18 heavy (non-hydrogen) atoms. The Hall–Kier alpha value is -1.35. The van der Waals surface area contributed by atoms with E-state index in [0.29, 0.717) is 0 Å². The maximum Gasteiger partial charge on any atom is 0.239 e. The number of carbonyl (C=O) groups excluding carboxylic acids is 1. The first kappa shape index (κ1) is 13.1. The van der Waals surface area contributed by atoms with Crippen molar-refractivity contribution in [3.8, 4) is 0 Å². The van der Waals surface area contributed by atoms with Crippen LogP contribution in [0.25, 0.3) is 0 Å². The third-order valence-electron chi connectivity index (χ3n) is 3.51. The average molecular weight is 246 g/mol. The van der Waals surface area contributed by atoms with Crippen molar-refractivity contribution in [2.24, 2.45) is 0 Å². The highest BCUT2D eigenvalue weighted by molar-refractivity contribution is 5.81. The number of nitrogens with one attached hydrogen (secondary N) is 1. The van der Waals surface area contributed by atoms with Gasteiger partial charge in [0.2, 0.25) is 5.91 Å². The first-order valence-corrected chi connectivity index (χ1v) is 6.81. The fraction of sp³-hybridized carbons (Fsp3) is 0.533. The molecule has 1 aliphatic rings. The molecule has 0 aromatic heterocycles. The molecule has 98 valence electrons. The minimum Gasteiger partial charge on any atom is -0.337 e. The highest BCUT2D eigenvalue weighted by Crippen LogP contribution is 2.18. The number of amides is 1. The molecular weight excluding hydrogens is 224 g/mol. The minimum absolute atomic E-state index is 0.0739. The average Bonchev–Trinajstić information content (AvgIpc) is 2.43. The summed E-state index contributed by atoms with van der Waals surface area (Å²) in [7, 11) is 0. The zero-order valence-corrected chi connectivity index (χ0v) is 11.3. The molecule has 1 amide bonds. The molecule has 1 atom stereocenters. The predicted molar refractivity (Wildman–Crippen MR) is 73.3 cm³/mol. The van der Waals surface area contributed by atoms with Gasteiger partial charge >= 0.3 is 0 Å². The van der Waals surface area contributed by atoms with Gasteiger partial charge < -0.3 is 10.2 Å². The number of rotatable bonds is 4. The molecule has 0 saturated carbocycles. The van der Waals surface area contributed by atoms with Crippen molar-refractivity contribution < 1.29 is 4.79 Å². The fourth-order valence-electron chi connectivity index (χ4n) is 2.41. The SMILES string of the molecule is CCCNC(C)C(=O)N1CCc2ccccc2C1. The number of nitrogens with zero attached hydrogens (tertiary/aromatic N) is 1. The molecule has 0 aliphatic carbocycles. The third-order valence-corrected chi connectivity index (χ3v) is 3.51. The zero-order valence-electron chi connectivity index (χ0n) is 11.3. The van der Waals surface area contributed by atoms with E-state index in [1.807, 2.05) is 17.9 Å². The fourth-order valence-corrected chi connectivity index (χ4v) is 2.41. The van der Waals surface area contributed by atoms with Gasteiger partial charge in [0.15, 0.2) is 0 Å². The van der Waals surface area contributed by atoms with Crippen molar-refractivity contribution in [1.82, 2.24) is 10.2 Å². The first-order valence-electron chi connectivity index (χ1n) is 6.81. The predicted octanol–water partition coefficient (Wildman–Crippen LogP) is 1.96. The molecule has 1 aromatic rings. The van der Waals surface area contributed by atoms with Crippen LogP contribution in [0.4, 0.5) is 0 Å². The third kappa shape index (κ3) is 2.91.